The van der Waals surface area contributed by atoms with Gasteiger partial charge in [0.1, 0.15) is 11.7 Å². The van der Waals surface area contributed by atoms with E-state index in [0.717, 1.165) is 18.5 Å². The van der Waals surface area contributed by atoms with Crippen molar-refractivity contribution in [2.45, 2.75) is 58.4 Å². The Kier molecular flexibility index (Phi) is 5.16. The van der Waals surface area contributed by atoms with Crippen LogP contribution in [0, 0.1) is 11.3 Å². The third-order valence-electron chi connectivity index (χ3n) is 4.69. The second-order valence-electron chi connectivity index (χ2n) is 8.27. The van der Waals surface area contributed by atoms with E-state index in [2.05, 4.69) is 15.3 Å². The largest absolute Gasteiger partial charge is 0.476 e. The lowest BCUT2D eigenvalue weighted by Crippen LogP contribution is -2.49. The molecule has 0 radical (unpaired) electrons. The van der Waals surface area contributed by atoms with Gasteiger partial charge in [-0.2, -0.15) is 0 Å². The van der Waals surface area contributed by atoms with Gasteiger partial charge in [0, 0.05) is 5.92 Å². The van der Waals surface area contributed by atoms with Gasteiger partial charge in [-0.25, -0.2) is 9.78 Å². The van der Waals surface area contributed by atoms with E-state index in [9.17, 15) is 9.59 Å². The first-order valence-electron chi connectivity index (χ1n) is 9.18. The van der Waals surface area contributed by atoms with Crippen LogP contribution in [0.2, 0.25) is 0 Å². The summed E-state index contributed by atoms with van der Waals surface area (Å²) in [6.45, 7) is 6.20. The molecule has 2 aliphatic rings. The Balaban J connectivity index is 1.77. The lowest BCUT2D eigenvalue weighted by atomic mass is 9.86. The number of rotatable bonds is 7. The maximum absolute atomic E-state index is 12.6. The van der Waals surface area contributed by atoms with Crippen molar-refractivity contribution in [1.29, 1.82) is 0 Å². The standard InChI is InChI=1S/C19H27N3O4/c1-19(2,3)15(18(24)25-4)22-16(23)13-9-20-14(12-7-8-12)17(21-13)26-10-11-5-6-11/h9,11-12,15H,5-8,10H2,1-4H3,(H,22,23). The summed E-state index contributed by atoms with van der Waals surface area (Å²) >= 11 is 0. The van der Waals surface area contributed by atoms with Crippen molar-refractivity contribution in [2.75, 3.05) is 13.7 Å². The van der Waals surface area contributed by atoms with Gasteiger partial charge in [0.05, 0.1) is 19.9 Å². The minimum Gasteiger partial charge on any atom is -0.476 e. The molecule has 1 amide bonds. The average molecular weight is 361 g/mol. The van der Waals surface area contributed by atoms with Gasteiger partial charge in [0.2, 0.25) is 5.88 Å². The summed E-state index contributed by atoms with van der Waals surface area (Å²) in [6, 6.07) is -0.777. The molecular formula is C19H27N3O4. The summed E-state index contributed by atoms with van der Waals surface area (Å²) in [5.41, 5.74) is 0.496. The molecule has 0 aromatic carbocycles. The number of ether oxygens (including phenoxy) is 2. The minimum atomic E-state index is -0.777. The zero-order chi connectivity index (χ0) is 18.9. The van der Waals surface area contributed by atoms with E-state index >= 15 is 0 Å². The molecule has 2 aliphatic carbocycles. The predicted octanol–water partition coefficient (Wildman–Crippen LogP) is 2.46. The number of hydrogen-bond acceptors (Lipinski definition) is 6. The Bertz CT molecular complexity index is 691. The fourth-order valence-corrected chi connectivity index (χ4v) is 2.67. The number of nitrogens with one attached hydrogen (secondary N) is 1. The summed E-state index contributed by atoms with van der Waals surface area (Å²) in [6.07, 6.45) is 5.98. The van der Waals surface area contributed by atoms with E-state index in [0.29, 0.717) is 24.3 Å². The third-order valence-corrected chi connectivity index (χ3v) is 4.69. The Hall–Kier alpha value is -2.18. The summed E-state index contributed by atoms with van der Waals surface area (Å²) < 4.78 is 10.7. The maximum atomic E-state index is 12.6. The molecule has 1 heterocycles. The van der Waals surface area contributed by atoms with Crippen LogP contribution >= 0.6 is 0 Å². The van der Waals surface area contributed by atoms with Crippen LogP contribution in [0.4, 0.5) is 0 Å². The van der Waals surface area contributed by atoms with E-state index < -0.39 is 23.3 Å². The van der Waals surface area contributed by atoms with Gasteiger partial charge in [-0.1, -0.05) is 20.8 Å². The van der Waals surface area contributed by atoms with Crippen molar-refractivity contribution in [1.82, 2.24) is 15.3 Å². The lowest BCUT2D eigenvalue weighted by molar-refractivity contribution is -0.145. The van der Waals surface area contributed by atoms with Crippen molar-refractivity contribution in [3.63, 3.8) is 0 Å². The van der Waals surface area contributed by atoms with Gasteiger partial charge in [-0.15, -0.1) is 0 Å². The van der Waals surface area contributed by atoms with E-state index in [1.54, 1.807) is 0 Å². The Labute approximate surface area is 153 Å². The second-order valence-corrected chi connectivity index (χ2v) is 8.27. The van der Waals surface area contributed by atoms with Crippen LogP contribution < -0.4 is 10.1 Å². The molecule has 1 aromatic rings. The fraction of sp³-hybridized carbons (Fsp3) is 0.684. The maximum Gasteiger partial charge on any atom is 0.328 e. The molecule has 2 fully saturated rings. The third kappa shape index (κ3) is 4.51. The van der Waals surface area contributed by atoms with Crippen LogP contribution in [0.5, 0.6) is 5.88 Å². The predicted molar refractivity (Wildman–Crippen MR) is 95.0 cm³/mol. The highest BCUT2D eigenvalue weighted by Gasteiger charge is 2.35. The number of nitrogens with zero attached hydrogens (tertiary/aromatic N) is 2. The van der Waals surface area contributed by atoms with Crippen molar-refractivity contribution >= 4 is 11.9 Å². The second kappa shape index (κ2) is 7.21. The van der Waals surface area contributed by atoms with Crippen molar-refractivity contribution in [2.24, 2.45) is 11.3 Å². The molecule has 3 rings (SSSR count). The molecule has 26 heavy (non-hydrogen) atoms. The highest BCUT2D eigenvalue weighted by atomic mass is 16.5. The first-order valence-corrected chi connectivity index (χ1v) is 9.18. The molecule has 1 N–H and O–H groups in total. The molecule has 0 spiro atoms. The van der Waals surface area contributed by atoms with Crippen molar-refractivity contribution in [3.8, 4) is 5.88 Å². The van der Waals surface area contributed by atoms with E-state index in [4.69, 9.17) is 9.47 Å². The summed E-state index contributed by atoms with van der Waals surface area (Å²) in [7, 11) is 1.31. The Morgan fingerprint density at radius 2 is 1.96 bits per heavy atom. The number of hydrogen-bond donors (Lipinski definition) is 1. The molecule has 2 saturated carbocycles. The van der Waals surface area contributed by atoms with Crippen LogP contribution in [0.3, 0.4) is 0 Å². The molecular weight excluding hydrogens is 334 g/mol. The van der Waals surface area contributed by atoms with Crippen molar-refractivity contribution in [3.05, 3.63) is 17.6 Å². The quantitative estimate of drug-likeness (QED) is 0.750. The molecule has 7 nitrogen and oxygen atoms in total. The smallest absolute Gasteiger partial charge is 0.328 e. The molecule has 142 valence electrons. The summed E-state index contributed by atoms with van der Waals surface area (Å²) in [4.78, 5) is 33.5. The molecule has 0 aliphatic heterocycles. The zero-order valence-electron chi connectivity index (χ0n) is 15.9. The highest BCUT2D eigenvalue weighted by molar-refractivity contribution is 5.95. The number of esters is 1. The first kappa shape index (κ1) is 18.6. The van der Waals surface area contributed by atoms with Crippen LogP contribution in [-0.2, 0) is 9.53 Å². The molecule has 0 bridgehead atoms. The van der Waals surface area contributed by atoms with Crippen LogP contribution in [0.1, 0.15) is 68.6 Å². The number of methoxy groups -OCH3 is 1. The number of carbonyl (C=O) groups is 2. The Morgan fingerprint density at radius 3 is 2.50 bits per heavy atom. The van der Waals surface area contributed by atoms with Gasteiger partial charge >= 0.3 is 5.97 Å². The SMILES string of the molecule is COC(=O)C(NC(=O)c1cnc(C2CC2)c(OCC2CC2)n1)C(C)(C)C. The van der Waals surface area contributed by atoms with Gasteiger partial charge in [-0.3, -0.25) is 9.78 Å². The van der Waals surface area contributed by atoms with Gasteiger partial charge in [0.15, 0.2) is 5.69 Å². The highest BCUT2D eigenvalue weighted by Crippen LogP contribution is 2.42. The molecule has 1 unspecified atom stereocenters. The number of carbonyl (C=O) groups excluding carboxylic acids is 2. The first-order chi connectivity index (χ1) is 12.3. The summed E-state index contributed by atoms with van der Waals surface area (Å²) in [5.74, 6) is 0.481. The number of amides is 1. The van der Waals surface area contributed by atoms with Gasteiger partial charge in [0.25, 0.3) is 5.91 Å². The van der Waals surface area contributed by atoms with E-state index in [1.807, 2.05) is 20.8 Å². The molecule has 1 atom stereocenters. The lowest BCUT2D eigenvalue weighted by Gasteiger charge is -2.28. The molecule has 7 heteroatoms. The molecule has 1 aromatic heterocycles. The van der Waals surface area contributed by atoms with E-state index in [-0.39, 0.29) is 5.69 Å². The normalized spacial score (nSPS) is 18.2. The van der Waals surface area contributed by atoms with Crippen LogP contribution in [-0.4, -0.2) is 41.6 Å². The summed E-state index contributed by atoms with van der Waals surface area (Å²) in [5, 5.41) is 2.72. The van der Waals surface area contributed by atoms with Gasteiger partial charge < -0.3 is 14.8 Å². The topological polar surface area (TPSA) is 90.4 Å². The Morgan fingerprint density at radius 1 is 1.27 bits per heavy atom. The van der Waals surface area contributed by atoms with Crippen LogP contribution in [0.25, 0.3) is 0 Å². The molecule has 0 saturated heterocycles. The van der Waals surface area contributed by atoms with Crippen LogP contribution in [0.15, 0.2) is 6.20 Å². The zero-order valence-corrected chi connectivity index (χ0v) is 15.9. The van der Waals surface area contributed by atoms with Crippen molar-refractivity contribution < 1.29 is 19.1 Å². The minimum absolute atomic E-state index is 0.151. The fourth-order valence-electron chi connectivity index (χ4n) is 2.67. The van der Waals surface area contributed by atoms with Gasteiger partial charge in [-0.05, 0) is 37.0 Å². The monoisotopic (exact) mass is 361 g/mol. The van der Waals surface area contributed by atoms with E-state index in [1.165, 1.54) is 26.1 Å². The number of aromatic nitrogens is 2. The average Bonchev–Trinajstić information content (AvgIpc) is 3.48.